The zero-order valence-corrected chi connectivity index (χ0v) is 26.3. The van der Waals surface area contributed by atoms with Gasteiger partial charge in [-0.25, -0.2) is 0 Å². The van der Waals surface area contributed by atoms with Gasteiger partial charge in [-0.3, -0.25) is 0 Å². The average Bonchev–Trinajstić information content (AvgIpc) is 3.20. The molecule has 1 amide bonds. The Morgan fingerprint density at radius 2 is 1.11 bits per heavy atom. The fraction of sp³-hybridized carbons (Fsp3) is 0.735. The Bertz CT molecular complexity index is 806. The van der Waals surface area contributed by atoms with E-state index < -0.39 is 16.8 Å². The van der Waals surface area contributed by atoms with Gasteiger partial charge in [-0.2, -0.15) is 0 Å². The molecule has 0 radical (unpaired) electrons. The summed E-state index contributed by atoms with van der Waals surface area (Å²) in [6.45, 7) is 11.2. The van der Waals surface area contributed by atoms with E-state index in [1.165, 1.54) is 83.5 Å². The van der Waals surface area contributed by atoms with Crippen LogP contribution in [0.25, 0.3) is 0 Å². The third kappa shape index (κ3) is 9.48. The van der Waals surface area contributed by atoms with Crippen LogP contribution < -0.4 is 3.80 Å². The first kappa shape index (κ1) is 33.6. The first-order chi connectivity index (χ1) is 17.7. The Labute approximate surface area is 244 Å². The fourth-order valence-electron chi connectivity index (χ4n) is 7.77. The van der Waals surface area contributed by atoms with Crippen LogP contribution >= 0.6 is 0 Å². The molecule has 0 saturated heterocycles. The Morgan fingerprint density at radius 3 is 1.61 bits per heavy atom. The van der Waals surface area contributed by atoms with Gasteiger partial charge in [-0.1, -0.05) is 24.3 Å². The van der Waals surface area contributed by atoms with Gasteiger partial charge in [0, 0.05) is 0 Å². The van der Waals surface area contributed by atoms with Crippen molar-refractivity contribution in [3.05, 3.63) is 48.6 Å². The number of amides is 1. The third-order valence-corrected chi connectivity index (χ3v) is 15.2. The second-order valence-corrected chi connectivity index (χ2v) is 20.1. The fourth-order valence-corrected chi connectivity index (χ4v) is 13.7. The van der Waals surface area contributed by atoms with E-state index in [-0.39, 0.29) is 16.9 Å². The molecular weight excluding hydrogens is 514 g/mol. The van der Waals surface area contributed by atoms with E-state index in [0.717, 1.165) is 46.0 Å². The molecule has 0 bridgehead atoms. The summed E-state index contributed by atoms with van der Waals surface area (Å²) in [6, 6.07) is 0. The minimum Gasteiger partial charge on any atom is -0.0149 e. The molecule has 1 N–H and O–H groups in total. The third-order valence-electron chi connectivity index (χ3n) is 9.95. The van der Waals surface area contributed by atoms with Gasteiger partial charge >= 0.3 is 196 Å². The second kappa shape index (κ2) is 16.6. The zero-order valence-electron chi connectivity index (χ0n) is 24.7. The van der Waals surface area contributed by atoms with Crippen molar-refractivity contribution >= 4 is 16.9 Å². The predicted molar refractivity (Wildman–Crippen MR) is 170 cm³/mol. The monoisotopic (exact) mass is 575 g/mol. The molecule has 4 heteroatoms. The van der Waals surface area contributed by atoms with Crippen LogP contribution in [0.1, 0.15) is 110 Å². The Kier molecular flexibility index (Phi) is 14.6. The molecule has 0 spiro atoms. The number of carbonyl (C=O) groups is 1. The van der Waals surface area contributed by atoms with E-state index in [2.05, 4.69) is 51.7 Å². The molecule has 4 rings (SSSR count). The normalized spacial score (nSPS) is 30.2. The maximum absolute atomic E-state index is 13.6. The van der Waals surface area contributed by atoms with E-state index in [4.69, 9.17) is 0 Å². The summed E-state index contributed by atoms with van der Waals surface area (Å²) >= 11 is -2.50. The number of hydrogen-bond acceptors (Lipinski definition) is 1. The first-order valence-corrected chi connectivity index (χ1v) is 20.5. The predicted octanol–water partition coefficient (Wildman–Crippen LogP) is 8.84. The standard InChI is InChI=1S/C13H25NO.C13H17.C6H10.2CH3.H4Si.Ti/c14-13(15)12-10-8-6-4-2-1-3-5-7-9-11-12;1-3-7-12-10(5-1)9-11-6-2-4-8-13(11)12;1-5(2)6(3)4;;;;/h12H,1-11H2,(H2,14,15);1,3,5,7,9-13H,2,4,6,8H2;1,3H2,2,4H3;2*1H3;1H4;/q;;;;;;+1/p-1. The van der Waals surface area contributed by atoms with Gasteiger partial charge in [0.05, 0.1) is 0 Å². The topological polar surface area (TPSA) is 29.1 Å². The van der Waals surface area contributed by atoms with Crippen molar-refractivity contribution in [2.24, 2.45) is 29.6 Å². The van der Waals surface area contributed by atoms with E-state index in [1.807, 2.05) is 13.8 Å². The van der Waals surface area contributed by atoms with Crippen LogP contribution in [0.5, 0.6) is 0 Å². The smallest absolute Gasteiger partial charge is 0.0149 e. The summed E-state index contributed by atoms with van der Waals surface area (Å²) in [5, 5.41) is 5.05. The summed E-state index contributed by atoms with van der Waals surface area (Å²) in [7, 11) is 0. The molecule has 0 aromatic carbocycles. The molecular formula is C34H61NOSiTi. The number of carbonyl (C=O) groups excluding carboxylic acids is 1. The SMILES string of the molecule is C=C(C)C(=C)C.[CH3][Ti]([CH3])([NH]C(=O)C1CCCCCCCCCCC1)[CH]1C2C=CC=CC2C2CCCCC21.[SiH4]. The van der Waals surface area contributed by atoms with Crippen LogP contribution in [0.15, 0.2) is 48.6 Å². The summed E-state index contributed by atoms with van der Waals surface area (Å²) in [5.74, 6) is 3.85. The Morgan fingerprint density at radius 1 is 0.684 bits per heavy atom. The number of nitrogens with one attached hydrogen (secondary N) is 1. The molecule has 5 unspecified atom stereocenters. The quantitative estimate of drug-likeness (QED) is 0.263. The van der Waals surface area contributed by atoms with Crippen LogP contribution in [0.2, 0.25) is 14.7 Å². The van der Waals surface area contributed by atoms with Crippen LogP contribution in [-0.2, 0) is 21.6 Å². The molecule has 0 heterocycles. The molecule has 2 nitrogen and oxygen atoms in total. The van der Waals surface area contributed by atoms with Crippen LogP contribution in [-0.4, -0.2) is 16.9 Å². The largest absolute Gasteiger partial charge is 0.0149 e. The van der Waals surface area contributed by atoms with Gasteiger partial charge in [0.15, 0.2) is 0 Å². The second-order valence-electron chi connectivity index (χ2n) is 13.3. The maximum Gasteiger partial charge on any atom is -0.0149 e. The number of allylic oxidation sites excluding steroid dienone is 6. The molecule has 216 valence electrons. The Balaban J connectivity index is 0.000000652. The van der Waals surface area contributed by atoms with Gasteiger partial charge in [-0.15, -0.1) is 0 Å². The number of fused-ring (bicyclic) bond motifs is 3. The van der Waals surface area contributed by atoms with Crippen molar-refractivity contribution in [3.8, 4) is 0 Å². The molecule has 0 aromatic rings. The van der Waals surface area contributed by atoms with E-state index >= 15 is 0 Å². The molecule has 3 saturated carbocycles. The van der Waals surface area contributed by atoms with Crippen molar-refractivity contribution in [1.29, 1.82) is 0 Å². The molecule has 0 aromatic heterocycles. The first-order valence-electron chi connectivity index (χ1n) is 15.7. The van der Waals surface area contributed by atoms with Gasteiger partial charge in [-0.05, 0) is 24.8 Å². The average molecular weight is 576 g/mol. The van der Waals surface area contributed by atoms with Crippen molar-refractivity contribution in [1.82, 2.24) is 3.80 Å². The Hall–Kier alpha value is -0.639. The van der Waals surface area contributed by atoms with Crippen LogP contribution in [0.3, 0.4) is 0 Å². The number of hydrogen-bond donors (Lipinski definition) is 1. The summed E-state index contributed by atoms with van der Waals surface area (Å²) in [6.07, 6.45) is 29.6. The molecule has 4 aliphatic carbocycles. The van der Waals surface area contributed by atoms with Crippen molar-refractivity contribution in [3.63, 3.8) is 0 Å². The van der Waals surface area contributed by atoms with Gasteiger partial charge in [0.2, 0.25) is 0 Å². The summed E-state index contributed by atoms with van der Waals surface area (Å²) in [5.41, 5.74) is 2.13. The van der Waals surface area contributed by atoms with Gasteiger partial charge in [0.1, 0.15) is 0 Å². The molecule has 5 atom stereocenters. The number of rotatable bonds is 4. The van der Waals surface area contributed by atoms with E-state index in [1.54, 1.807) is 0 Å². The van der Waals surface area contributed by atoms with Gasteiger partial charge in [0.25, 0.3) is 0 Å². The van der Waals surface area contributed by atoms with Crippen molar-refractivity contribution in [2.45, 2.75) is 125 Å². The van der Waals surface area contributed by atoms with Crippen molar-refractivity contribution in [2.75, 3.05) is 0 Å². The summed E-state index contributed by atoms with van der Waals surface area (Å²) < 4.78 is 4.59. The minimum absolute atomic E-state index is 0. The maximum atomic E-state index is 13.6. The van der Waals surface area contributed by atoms with E-state index in [0.29, 0.717) is 11.8 Å². The minimum atomic E-state index is -2.50. The molecule has 3 fully saturated rings. The van der Waals surface area contributed by atoms with E-state index in [9.17, 15) is 4.79 Å². The van der Waals surface area contributed by atoms with Crippen LogP contribution in [0, 0.1) is 29.6 Å². The molecule has 38 heavy (non-hydrogen) atoms. The summed E-state index contributed by atoms with van der Waals surface area (Å²) in [4.78, 5) is 13.6. The van der Waals surface area contributed by atoms with Crippen LogP contribution in [0.4, 0.5) is 0 Å². The molecule has 4 aliphatic rings. The van der Waals surface area contributed by atoms with Gasteiger partial charge < -0.3 is 0 Å². The van der Waals surface area contributed by atoms with Crippen molar-refractivity contribution < 1.29 is 21.6 Å². The molecule has 0 aliphatic heterocycles. The zero-order chi connectivity index (χ0) is 26.8.